The predicted molar refractivity (Wildman–Crippen MR) is 70.8 cm³/mol. The van der Waals surface area contributed by atoms with E-state index in [-0.39, 0.29) is 11.4 Å². The van der Waals surface area contributed by atoms with Crippen molar-refractivity contribution in [2.24, 2.45) is 0 Å². The summed E-state index contributed by atoms with van der Waals surface area (Å²) in [5.41, 5.74) is 0.340. The van der Waals surface area contributed by atoms with Crippen LogP contribution in [0.5, 0.6) is 0 Å². The average Bonchev–Trinajstić information content (AvgIpc) is 2.94. The Balaban J connectivity index is 2.29. The molecule has 104 valence electrons. The van der Waals surface area contributed by atoms with Crippen LogP contribution < -0.4 is 0 Å². The standard InChI is InChI=1S/C13H13N3O4/c1-2-9-20-13(17)10-7-8-15(14-10)11-5-3-4-6-12(11)16(18)19/h3-8H,2,9H2,1H3. The molecule has 0 N–H and O–H groups in total. The molecule has 0 spiro atoms. The second-order valence-corrected chi connectivity index (χ2v) is 4.03. The van der Waals surface area contributed by atoms with Crippen LogP contribution in [0.1, 0.15) is 23.8 Å². The Morgan fingerprint density at radius 1 is 1.40 bits per heavy atom. The van der Waals surface area contributed by atoms with E-state index in [0.717, 1.165) is 6.42 Å². The molecule has 0 bridgehead atoms. The lowest BCUT2D eigenvalue weighted by molar-refractivity contribution is -0.384. The van der Waals surface area contributed by atoms with Gasteiger partial charge in [-0.25, -0.2) is 9.48 Å². The highest BCUT2D eigenvalue weighted by atomic mass is 16.6. The molecule has 20 heavy (non-hydrogen) atoms. The van der Waals surface area contributed by atoms with Gasteiger partial charge >= 0.3 is 5.97 Å². The van der Waals surface area contributed by atoms with Crippen molar-refractivity contribution in [3.63, 3.8) is 0 Å². The van der Waals surface area contributed by atoms with Crippen LogP contribution in [-0.2, 0) is 4.74 Å². The molecule has 0 aliphatic carbocycles. The number of rotatable bonds is 5. The molecule has 0 saturated heterocycles. The van der Waals surface area contributed by atoms with Gasteiger partial charge < -0.3 is 4.74 Å². The highest BCUT2D eigenvalue weighted by Crippen LogP contribution is 2.21. The van der Waals surface area contributed by atoms with Gasteiger partial charge in [-0.3, -0.25) is 10.1 Å². The van der Waals surface area contributed by atoms with E-state index in [1.54, 1.807) is 18.2 Å². The second-order valence-electron chi connectivity index (χ2n) is 4.03. The minimum absolute atomic E-state index is 0.0796. The summed E-state index contributed by atoms with van der Waals surface area (Å²) in [6, 6.07) is 7.65. The molecule has 0 unspecified atom stereocenters. The van der Waals surface area contributed by atoms with Crippen LogP contribution in [0.25, 0.3) is 5.69 Å². The number of benzene rings is 1. The summed E-state index contributed by atoms with van der Waals surface area (Å²) < 4.78 is 6.25. The first-order chi connectivity index (χ1) is 9.63. The van der Waals surface area contributed by atoms with E-state index in [0.29, 0.717) is 12.3 Å². The zero-order valence-electron chi connectivity index (χ0n) is 10.9. The third-order valence-corrected chi connectivity index (χ3v) is 2.56. The van der Waals surface area contributed by atoms with Crippen LogP contribution in [0.2, 0.25) is 0 Å². The molecule has 1 aromatic heterocycles. The third kappa shape index (κ3) is 2.82. The number of nitrogens with zero attached hydrogens (tertiary/aromatic N) is 3. The maximum Gasteiger partial charge on any atom is 0.358 e. The first-order valence-corrected chi connectivity index (χ1v) is 6.10. The summed E-state index contributed by atoms with van der Waals surface area (Å²) in [5.74, 6) is -0.538. The lowest BCUT2D eigenvalue weighted by Crippen LogP contribution is -2.08. The quantitative estimate of drug-likeness (QED) is 0.475. The highest BCUT2D eigenvalue weighted by molar-refractivity contribution is 5.87. The van der Waals surface area contributed by atoms with Crippen molar-refractivity contribution in [3.05, 3.63) is 52.3 Å². The monoisotopic (exact) mass is 275 g/mol. The van der Waals surface area contributed by atoms with Gasteiger partial charge in [0, 0.05) is 12.3 Å². The van der Waals surface area contributed by atoms with Gasteiger partial charge in [-0.2, -0.15) is 5.10 Å². The summed E-state index contributed by atoms with van der Waals surface area (Å²) in [6.07, 6.45) is 2.21. The van der Waals surface area contributed by atoms with Gasteiger partial charge in [-0.05, 0) is 18.6 Å². The zero-order valence-corrected chi connectivity index (χ0v) is 10.9. The predicted octanol–water partition coefficient (Wildman–Crippen LogP) is 2.35. The Hall–Kier alpha value is -2.70. The largest absolute Gasteiger partial charge is 0.461 e. The van der Waals surface area contributed by atoms with Crippen LogP contribution in [0.4, 0.5) is 5.69 Å². The minimum atomic E-state index is -0.538. The van der Waals surface area contributed by atoms with Crippen molar-refractivity contribution >= 4 is 11.7 Å². The zero-order chi connectivity index (χ0) is 14.5. The van der Waals surface area contributed by atoms with Crippen molar-refractivity contribution < 1.29 is 14.5 Å². The van der Waals surface area contributed by atoms with Gasteiger partial charge in [0.15, 0.2) is 5.69 Å². The molecule has 1 heterocycles. The average molecular weight is 275 g/mol. The Morgan fingerprint density at radius 2 is 2.15 bits per heavy atom. The molecule has 2 aromatic rings. The first kappa shape index (κ1) is 13.7. The third-order valence-electron chi connectivity index (χ3n) is 2.56. The number of hydrogen-bond acceptors (Lipinski definition) is 5. The SMILES string of the molecule is CCCOC(=O)c1ccn(-c2ccccc2[N+](=O)[O-])n1. The van der Waals surface area contributed by atoms with Crippen LogP contribution >= 0.6 is 0 Å². The number of nitro benzene ring substituents is 1. The molecule has 0 atom stereocenters. The molecule has 0 amide bonds. The van der Waals surface area contributed by atoms with Gasteiger partial charge in [-0.15, -0.1) is 0 Å². The molecule has 0 aliphatic heterocycles. The fourth-order valence-electron chi connectivity index (χ4n) is 1.65. The van der Waals surface area contributed by atoms with E-state index >= 15 is 0 Å². The van der Waals surface area contributed by atoms with Crippen molar-refractivity contribution in [2.45, 2.75) is 13.3 Å². The summed E-state index contributed by atoms with van der Waals surface area (Å²) in [4.78, 5) is 22.1. The van der Waals surface area contributed by atoms with Crippen molar-refractivity contribution in [3.8, 4) is 5.69 Å². The van der Waals surface area contributed by atoms with E-state index in [1.165, 1.54) is 23.0 Å². The lowest BCUT2D eigenvalue weighted by atomic mass is 10.3. The molecule has 1 aromatic carbocycles. The number of carbonyl (C=O) groups is 1. The van der Waals surface area contributed by atoms with Crippen LogP contribution in [0, 0.1) is 10.1 Å². The molecule has 0 fully saturated rings. The van der Waals surface area contributed by atoms with Crippen LogP contribution in [-0.4, -0.2) is 27.3 Å². The molecule has 7 nitrogen and oxygen atoms in total. The number of aromatic nitrogens is 2. The minimum Gasteiger partial charge on any atom is -0.461 e. The molecular weight excluding hydrogens is 262 g/mol. The van der Waals surface area contributed by atoms with Gasteiger partial charge in [-0.1, -0.05) is 19.1 Å². The van der Waals surface area contributed by atoms with Crippen LogP contribution in [0.15, 0.2) is 36.5 Å². The van der Waals surface area contributed by atoms with Crippen molar-refractivity contribution in [1.82, 2.24) is 9.78 Å². The summed E-state index contributed by atoms with van der Waals surface area (Å²) in [6.45, 7) is 2.20. The number of hydrogen-bond donors (Lipinski definition) is 0. The fraction of sp³-hybridized carbons (Fsp3) is 0.231. The number of esters is 1. The summed E-state index contributed by atoms with van der Waals surface area (Å²) >= 11 is 0. The fourth-order valence-corrected chi connectivity index (χ4v) is 1.65. The van der Waals surface area contributed by atoms with Gasteiger partial charge in [0.05, 0.1) is 11.5 Å². The smallest absolute Gasteiger partial charge is 0.358 e. The number of nitro groups is 1. The highest BCUT2D eigenvalue weighted by Gasteiger charge is 2.17. The van der Waals surface area contributed by atoms with E-state index < -0.39 is 10.9 Å². The Labute approximate surface area is 114 Å². The van der Waals surface area contributed by atoms with E-state index in [2.05, 4.69) is 5.10 Å². The summed E-state index contributed by atoms with van der Waals surface area (Å²) in [7, 11) is 0. The van der Waals surface area contributed by atoms with E-state index in [4.69, 9.17) is 4.74 Å². The number of ether oxygens (including phenoxy) is 1. The van der Waals surface area contributed by atoms with Crippen molar-refractivity contribution in [2.75, 3.05) is 6.61 Å². The lowest BCUT2D eigenvalue weighted by Gasteiger charge is -2.02. The Morgan fingerprint density at radius 3 is 2.85 bits per heavy atom. The molecule has 0 radical (unpaired) electrons. The first-order valence-electron chi connectivity index (χ1n) is 6.10. The Kier molecular flexibility index (Phi) is 4.09. The van der Waals surface area contributed by atoms with Crippen molar-refractivity contribution in [1.29, 1.82) is 0 Å². The van der Waals surface area contributed by atoms with E-state index in [9.17, 15) is 14.9 Å². The van der Waals surface area contributed by atoms with E-state index in [1.807, 2.05) is 6.92 Å². The second kappa shape index (κ2) is 5.96. The van der Waals surface area contributed by atoms with Gasteiger partial charge in [0.2, 0.25) is 0 Å². The Bertz CT molecular complexity index is 636. The molecule has 2 rings (SSSR count). The molecular formula is C13H13N3O4. The van der Waals surface area contributed by atoms with Crippen LogP contribution in [0.3, 0.4) is 0 Å². The normalized spacial score (nSPS) is 10.2. The van der Waals surface area contributed by atoms with Gasteiger partial charge in [0.25, 0.3) is 5.69 Å². The topological polar surface area (TPSA) is 87.3 Å². The maximum atomic E-state index is 11.6. The number of carbonyl (C=O) groups excluding carboxylic acids is 1. The molecule has 0 aliphatic rings. The van der Waals surface area contributed by atoms with Gasteiger partial charge in [0.1, 0.15) is 5.69 Å². The maximum absolute atomic E-state index is 11.6. The summed E-state index contributed by atoms with van der Waals surface area (Å²) in [5, 5.41) is 15.0. The number of para-hydroxylation sites is 2. The molecule has 7 heteroatoms. The molecule has 0 saturated carbocycles.